The standard InChI is InChI=1S/C48H58N8O7/c1-27(2)41(53-47(59)61-5)45(57)55-25-28(3)19-39(55)43-49-23-37(51-43)31-9-7-30(8-10-31)33-11-12-35-22-36(14-13-34(35)21-33)38-24-50-44(52-38)40-20-29(4)26-56(40)46(58)42(54-48(60)62-6)32-15-17-63-18-16-32/h7-14,21-24,27-29,32,39-42H,15-20,25-26H2,1-6H3,(H,49,51)(H,50,52)(H,53,59)(H,54,60)/t28-,29-,39-,40-,41?,42-/m0/s1. The van der Waals surface area contributed by atoms with Crippen LogP contribution in [0, 0.1) is 23.7 Å². The summed E-state index contributed by atoms with van der Waals surface area (Å²) < 4.78 is 15.2. The number of hydrogen-bond donors (Lipinski definition) is 4. The van der Waals surface area contributed by atoms with Crippen LogP contribution in [0.25, 0.3) is 44.4 Å². The normalized spacial score (nSPS) is 21.4. The summed E-state index contributed by atoms with van der Waals surface area (Å²) in [5.41, 5.74) is 5.87. The van der Waals surface area contributed by atoms with Gasteiger partial charge in [0.15, 0.2) is 0 Å². The predicted molar refractivity (Wildman–Crippen MR) is 238 cm³/mol. The molecule has 0 aliphatic carbocycles. The Balaban J connectivity index is 0.950. The summed E-state index contributed by atoms with van der Waals surface area (Å²) in [5, 5.41) is 7.74. The van der Waals surface area contributed by atoms with Crippen molar-refractivity contribution in [1.82, 2.24) is 40.4 Å². The molecule has 3 aliphatic heterocycles. The van der Waals surface area contributed by atoms with Crippen LogP contribution in [0.3, 0.4) is 0 Å². The number of aromatic nitrogens is 4. The van der Waals surface area contributed by atoms with Gasteiger partial charge in [0.1, 0.15) is 23.7 Å². The van der Waals surface area contributed by atoms with Gasteiger partial charge in [0.2, 0.25) is 11.8 Å². The third kappa shape index (κ3) is 9.29. The molecule has 5 heterocycles. The van der Waals surface area contributed by atoms with Gasteiger partial charge in [0.05, 0.1) is 50.1 Å². The van der Waals surface area contributed by atoms with Gasteiger partial charge in [0.25, 0.3) is 0 Å². The number of aromatic amines is 2. The summed E-state index contributed by atoms with van der Waals surface area (Å²) in [5.74, 6) is 1.59. The minimum atomic E-state index is -0.701. The number of rotatable bonds is 11. The number of amides is 4. The van der Waals surface area contributed by atoms with Crippen LogP contribution in [0.1, 0.15) is 77.1 Å². The number of carbonyl (C=O) groups is 4. The van der Waals surface area contributed by atoms with Crippen molar-refractivity contribution in [2.75, 3.05) is 40.5 Å². The molecule has 8 rings (SSSR count). The lowest BCUT2D eigenvalue weighted by Crippen LogP contribution is -2.53. The predicted octanol–water partition coefficient (Wildman–Crippen LogP) is 7.64. The molecule has 4 amide bonds. The number of fused-ring (bicyclic) bond motifs is 1. The fourth-order valence-corrected chi connectivity index (χ4v) is 9.51. The van der Waals surface area contributed by atoms with Gasteiger partial charge in [-0.25, -0.2) is 19.6 Å². The second-order valence-electron chi connectivity index (χ2n) is 17.8. The summed E-state index contributed by atoms with van der Waals surface area (Å²) in [6.07, 6.45) is 5.32. The maximum atomic E-state index is 14.2. The Morgan fingerprint density at radius 3 is 1.75 bits per heavy atom. The number of methoxy groups -OCH3 is 2. The number of benzene rings is 3. The second-order valence-corrected chi connectivity index (χ2v) is 17.8. The van der Waals surface area contributed by atoms with Crippen molar-refractivity contribution < 1.29 is 33.4 Å². The first-order valence-electron chi connectivity index (χ1n) is 22.0. The highest BCUT2D eigenvalue weighted by molar-refractivity contribution is 5.91. The molecule has 5 aromatic rings. The van der Waals surface area contributed by atoms with Gasteiger partial charge in [-0.15, -0.1) is 0 Å². The molecule has 6 atom stereocenters. The van der Waals surface area contributed by atoms with Crippen LogP contribution in [0.15, 0.2) is 73.1 Å². The minimum Gasteiger partial charge on any atom is -0.453 e. The van der Waals surface area contributed by atoms with E-state index in [1.165, 1.54) is 14.2 Å². The Morgan fingerprint density at radius 2 is 1.17 bits per heavy atom. The second kappa shape index (κ2) is 18.6. The van der Waals surface area contributed by atoms with Crippen molar-refractivity contribution in [1.29, 1.82) is 0 Å². The quantitative estimate of drug-likeness (QED) is 0.104. The molecule has 15 nitrogen and oxygen atoms in total. The summed E-state index contributed by atoms with van der Waals surface area (Å²) in [6.45, 7) is 10.3. The van der Waals surface area contributed by atoms with Crippen molar-refractivity contribution in [3.05, 3.63) is 84.7 Å². The number of nitrogens with zero attached hydrogens (tertiary/aromatic N) is 4. The SMILES string of the molecule is COC(=O)NC(C(=O)N1C[C@@H](C)C[C@H]1c1ncc(-c2ccc(-c3ccc4cc(-c5cnc([C@@H]6C[C@H](C)CN6C(=O)[C@@H](NC(=O)OC)C6CCOCC6)[nH]5)ccc4c3)cc2)[nH]1)C(C)C. The highest BCUT2D eigenvalue weighted by Crippen LogP contribution is 2.38. The number of nitrogens with one attached hydrogen (secondary N) is 4. The maximum Gasteiger partial charge on any atom is 0.407 e. The van der Waals surface area contributed by atoms with Crippen molar-refractivity contribution in [2.24, 2.45) is 23.7 Å². The van der Waals surface area contributed by atoms with Crippen LogP contribution in [-0.2, 0) is 23.8 Å². The molecule has 0 radical (unpaired) electrons. The smallest absolute Gasteiger partial charge is 0.407 e. The Morgan fingerprint density at radius 1 is 0.683 bits per heavy atom. The Hall–Kier alpha value is -6.22. The van der Waals surface area contributed by atoms with E-state index in [1.807, 2.05) is 36.0 Å². The minimum absolute atomic E-state index is 0.0372. The largest absolute Gasteiger partial charge is 0.453 e. The molecule has 2 aromatic heterocycles. The summed E-state index contributed by atoms with van der Waals surface area (Å²) in [7, 11) is 2.61. The topological polar surface area (TPSA) is 184 Å². The van der Waals surface area contributed by atoms with Crippen LogP contribution in [0.4, 0.5) is 9.59 Å². The number of imidazole rings is 2. The van der Waals surface area contributed by atoms with Crippen molar-refractivity contribution in [3.63, 3.8) is 0 Å². The number of hydrogen-bond acceptors (Lipinski definition) is 9. The fraction of sp³-hybridized carbons (Fsp3) is 0.458. The van der Waals surface area contributed by atoms with E-state index in [1.54, 1.807) is 0 Å². The lowest BCUT2D eigenvalue weighted by molar-refractivity contribution is -0.137. The number of carbonyl (C=O) groups excluding carboxylic acids is 4. The first kappa shape index (κ1) is 43.4. The monoisotopic (exact) mass is 858 g/mol. The third-order valence-electron chi connectivity index (χ3n) is 12.9. The van der Waals surface area contributed by atoms with E-state index in [0.717, 1.165) is 68.9 Å². The molecule has 0 bridgehead atoms. The van der Waals surface area contributed by atoms with E-state index < -0.39 is 24.3 Å². The lowest BCUT2D eigenvalue weighted by atomic mass is 9.90. The van der Waals surface area contributed by atoms with Gasteiger partial charge >= 0.3 is 12.2 Å². The highest BCUT2D eigenvalue weighted by Gasteiger charge is 2.43. The van der Waals surface area contributed by atoms with E-state index in [2.05, 4.69) is 95.1 Å². The molecule has 0 spiro atoms. The average molecular weight is 859 g/mol. The van der Waals surface area contributed by atoms with Crippen LogP contribution in [0.5, 0.6) is 0 Å². The van der Waals surface area contributed by atoms with Gasteiger partial charge < -0.3 is 44.6 Å². The Labute approximate surface area is 367 Å². The molecule has 3 aliphatic rings. The first-order valence-corrected chi connectivity index (χ1v) is 22.0. The first-order chi connectivity index (χ1) is 30.4. The Bertz CT molecular complexity index is 2440. The van der Waals surface area contributed by atoms with E-state index in [0.29, 0.717) is 39.1 Å². The van der Waals surface area contributed by atoms with Crippen molar-refractivity contribution in [2.45, 2.75) is 77.5 Å². The van der Waals surface area contributed by atoms with Crippen molar-refractivity contribution in [3.8, 4) is 33.6 Å². The van der Waals surface area contributed by atoms with Gasteiger partial charge in [-0.05, 0) is 89.0 Å². The molecular weight excluding hydrogens is 801 g/mol. The summed E-state index contributed by atoms with van der Waals surface area (Å²) in [4.78, 5) is 72.5. The molecule has 63 heavy (non-hydrogen) atoms. The molecule has 332 valence electrons. The molecule has 1 unspecified atom stereocenters. The summed E-state index contributed by atoms with van der Waals surface area (Å²) in [6, 6.07) is 19.3. The molecule has 15 heteroatoms. The fourth-order valence-electron chi connectivity index (χ4n) is 9.51. The van der Waals surface area contributed by atoms with E-state index in [9.17, 15) is 19.2 Å². The van der Waals surface area contributed by atoms with E-state index >= 15 is 0 Å². The van der Waals surface area contributed by atoms with E-state index in [4.69, 9.17) is 24.2 Å². The third-order valence-corrected chi connectivity index (χ3v) is 12.9. The number of ether oxygens (including phenoxy) is 3. The van der Waals surface area contributed by atoms with E-state index in [-0.39, 0.29) is 47.6 Å². The zero-order chi connectivity index (χ0) is 44.4. The molecule has 3 saturated heterocycles. The summed E-state index contributed by atoms with van der Waals surface area (Å²) >= 11 is 0. The number of likely N-dealkylation sites (tertiary alicyclic amines) is 2. The van der Waals surface area contributed by atoms with Crippen LogP contribution in [-0.4, -0.2) is 106 Å². The molecule has 3 fully saturated rings. The molecule has 3 aromatic carbocycles. The van der Waals surface area contributed by atoms with Crippen LogP contribution < -0.4 is 10.6 Å². The molecule has 4 N–H and O–H groups in total. The highest BCUT2D eigenvalue weighted by atomic mass is 16.5. The van der Waals surface area contributed by atoms with Crippen LogP contribution >= 0.6 is 0 Å². The number of alkyl carbamates (subject to hydrolysis) is 2. The lowest BCUT2D eigenvalue weighted by Gasteiger charge is -2.34. The van der Waals surface area contributed by atoms with Gasteiger partial charge in [-0.2, -0.15) is 0 Å². The van der Waals surface area contributed by atoms with Crippen molar-refractivity contribution >= 4 is 34.8 Å². The maximum absolute atomic E-state index is 14.2. The van der Waals surface area contributed by atoms with Gasteiger partial charge in [-0.3, -0.25) is 9.59 Å². The zero-order valence-corrected chi connectivity index (χ0v) is 36.9. The van der Waals surface area contributed by atoms with Gasteiger partial charge in [-0.1, -0.05) is 76.2 Å². The van der Waals surface area contributed by atoms with Gasteiger partial charge in [0, 0.05) is 31.9 Å². The molecular formula is C48H58N8O7. The van der Waals surface area contributed by atoms with Crippen LogP contribution in [0.2, 0.25) is 0 Å². The number of H-pyrrole nitrogens is 2. The molecule has 0 saturated carbocycles. The Kier molecular flexibility index (Phi) is 12.8. The zero-order valence-electron chi connectivity index (χ0n) is 36.9. The average Bonchev–Trinajstić information content (AvgIpc) is 4.14.